The van der Waals surface area contributed by atoms with Crippen LogP contribution in [0.2, 0.25) is 5.02 Å². The van der Waals surface area contributed by atoms with Crippen molar-refractivity contribution in [3.05, 3.63) is 41.6 Å². The molecule has 3 aromatic rings. The maximum Gasteiger partial charge on any atom is 0.160 e. The summed E-state index contributed by atoms with van der Waals surface area (Å²) in [6, 6.07) is 11.7. The Morgan fingerprint density at radius 3 is 2.74 bits per heavy atom. The lowest BCUT2D eigenvalue weighted by molar-refractivity contribution is 0.415. The molecule has 0 saturated heterocycles. The molecule has 3 rings (SSSR count). The van der Waals surface area contributed by atoms with Crippen LogP contribution in [-0.2, 0) is 6.54 Å². The van der Waals surface area contributed by atoms with Crippen LogP contribution in [-0.4, -0.2) is 21.6 Å². The molecule has 0 aliphatic heterocycles. The molecular formula is C17H15ClN4O. The Kier molecular flexibility index (Phi) is 4.18. The van der Waals surface area contributed by atoms with Gasteiger partial charge in [-0.3, -0.25) is 0 Å². The van der Waals surface area contributed by atoms with Gasteiger partial charge in [-0.05, 0) is 37.3 Å². The Morgan fingerprint density at radius 2 is 2.09 bits per heavy atom. The summed E-state index contributed by atoms with van der Waals surface area (Å²) in [6.07, 6.45) is 1.59. The largest absolute Gasteiger partial charge is 0.497 e. The van der Waals surface area contributed by atoms with E-state index in [1.54, 1.807) is 19.4 Å². The van der Waals surface area contributed by atoms with E-state index in [-0.39, 0.29) is 5.92 Å². The molecule has 0 aliphatic rings. The van der Waals surface area contributed by atoms with Crippen molar-refractivity contribution >= 4 is 22.8 Å². The molecule has 0 fully saturated rings. The van der Waals surface area contributed by atoms with Gasteiger partial charge in [-0.15, -0.1) is 0 Å². The Bertz CT molecular complexity index is 880. The number of imidazole rings is 1. The van der Waals surface area contributed by atoms with Crippen LogP contribution in [0.1, 0.15) is 6.92 Å². The predicted molar refractivity (Wildman–Crippen MR) is 89.3 cm³/mol. The molecule has 0 bridgehead atoms. The van der Waals surface area contributed by atoms with Crippen LogP contribution in [0.15, 0.2) is 36.5 Å². The number of fused-ring (bicyclic) bond motifs is 1. The van der Waals surface area contributed by atoms with E-state index < -0.39 is 0 Å². The zero-order valence-corrected chi connectivity index (χ0v) is 13.6. The summed E-state index contributed by atoms with van der Waals surface area (Å²) in [4.78, 5) is 9.03. The van der Waals surface area contributed by atoms with Crippen LogP contribution in [0.4, 0.5) is 0 Å². The Morgan fingerprint density at radius 1 is 1.35 bits per heavy atom. The van der Waals surface area contributed by atoms with Crippen molar-refractivity contribution in [2.75, 3.05) is 7.11 Å². The lowest BCUT2D eigenvalue weighted by Gasteiger charge is -2.10. The third-order valence-electron chi connectivity index (χ3n) is 3.58. The predicted octanol–water partition coefficient (Wildman–Crippen LogP) is 3.92. The lowest BCUT2D eigenvalue weighted by Crippen LogP contribution is -2.08. The van der Waals surface area contributed by atoms with Gasteiger partial charge < -0.3 is 9.30 Å². The van der Waals surface area contributed by atoms with Gasteiger partial charge in [0, 0.05) is 18.3 Å². The molecule has 116 valence electrons. The SMILES string of the molecule is COc1ccc(-c2nc3cc(Cl)cnc3n2CC(C)C#N)cc1. The average molecular weight is 327 g/mol. The number of methoxy groups -OCH3 is 1. The van der Waals surface area contributed by atoms with Gasteiger partial charge in [-0.2, -0.15) is 5.26 Å². The van der Waals surface area contributed by atoms with Gasteiger partial charge in [0.25, 0.3) is 0 Å². The van der Waals surface area contributed by atoms with Crippen LogP contribution < -0.4 is 4.74 Å². The fourth-order valence-electron chi connectivity index (χ4n) is 2.43. The number of ether oxygens (including phenoxy) is 1. The van der Waals surface area contributed by atoms with E-state index in [9.17, 15) is 0 Å². The van der Waals surface area contributed by atoms with Crippen LogP contribution in [0, 0.1) is 17.2 Å². The number of nitriles is 1. The highest BCUT2D eigenvalue weighted by molar-refractivity contribution is 6.31. The van der Waals surface area contributed by atoms with Crippen molar-refractivity contribution in [2.24, 2.45) is 5.92 Å². The highest BCUT2D eigenvalue weighted by atomic mass is 35.5. The maximum absolute atomic E-state index is 9.14. The number of benzene rings is 1. The third kappa shape index (κ3) is 2.99. The molecule has 23 heavy (non-hydrogen) atoms. The minimum absolute atomic E-state index is 0.151. The zero-order chi connectivity index (χ0) is 16.4. The smallest absolute Gasteiger partial charge is 0.160 e. The molecule has 0 spiro atoms. The molecule has 5 nitrogen and oxygen atoms in total. The molecule has 1 atom stereocenters. The van der Waals surface area contributed by atoms with Crippen molar-refractivity contribution in [3.63, 3.8) is 0 Å². The summed E-state index contributed by atoms with van der Waals surface area (Å²) < 4.78 is 7.15. The highest BCUT2D eigenvalue weighted by Gasteiger charge is 2.16. The van der Waals surface area contributed by atoms with Gasteiger partial charge in [0.1, 0.15) is 17.1 Å². The van der Waals surface area contributed by atoms with Gasteiger partial charge in [-0.25, -0.2) is 9.97 Å². The molecule has 0 amide bonds. The number of hydrogen-bond acceptors (Lipinski definition) is 4. The molecule has 0 saturated carbocycles. The summed E-state index contributed by atoms with van der Waals surface area (Å²) >= 11 is 6.02. The van der Waals surface area contributed by atoms with E-state index in [0.29, 0.717) is 17.1 Å². The van der Waals surface area contributed by atoms with E-state index in [2.05, 4.69) is 16.0 Å². The zero-order valence-electron chi connectivity index (χ0n) is 12.8. The first-order chi connectivity index (χ1) is 11.1. The lowest BCUT2D eigenvalue weighted by atomic mass is 10.2. The van der Waals surface area contributed by atoms with Gasteiger partial charge in [0.05, 0.1) is 24.1 Å². The second kappa shape index (κ2) is 6.27. The molecule has 2 aromatic heterocycles. The number of pyridine rings is 1. The minimum atomic E-state index is -0.151. The molecular weight excluding hydrogens is 312 g/mol. The van der Waals surface area contributed by atoms with Crippen LogP contribution in [0.25, 0.3) is 22.6 Å². The third-order valence-corrected chi connectivity index (χ3v) is 3.78. The van der Waals surface area contributed by atoms with E-state index in [1.807, 2.05) is 35.8 Å². The summed E-state index contributed by atoms with van der Waals surface area (Å²) in [5.41, 5.74) is 2.38. The molecule has 0 aliphatic carbocycles. The summed E-state index contributed by atoms with van der Waals surface area (Å²) in [6.45, 7) is 2.39. The van der Waals surface area contributed by atoms with Crippen LogP contribution in [0.5, 0.6) is 5.75 Å². The second-order valence-corrected chi connectivity index (χ2v) is 5.74. The first kappa shape index (κ1) is 15.3. The monoisotopic (exact) mass is 326 g/mol. The molecule has 0 N–H and O–H groups in total. The van der Waals surface area contributed by atoms with Crippen LogP contribution in [0.3, 0.4) is 0 Å². The Labute approximate surface area is 139 Å². The molecule has 1 unspecified atom stereocenters. The first-order valence-electron chi connectivity index (χ1n) is 7.18. The minimum Gasteiger partial charge on any atom is -0.497 e. The van der Waals surface area contributed by atoms with E-state index in [1.165, 1.54) is 0 Å². The topological polar surface area (TPSA) is 63.7 Å². The number of rotatable bonds is 4. The maximum atomic E-state index is 9.14. The number of nitrogens with zero attached hydrogens (tertiary/aromatic N) is 4. The quantitative estimate of drug-likeness (QED) is 0.729. The fourth-order valence-corrected chi connectivity index (χ4v) is 2.59. The van der Waals surface area contributed by atoms with Gasteiger partial charge in [-0.1, -0.05) is 11.6 Å². The average Bonchev–Trinajstić information content (AvgIpc) is 2.92. The Hall–Kier alpha value is -2.58. The van der Waals surface area contributed by atoms with Gasteiger partial charge >= 0.3 is 0 Å². The van der Waals surface area contributed by atoms with E-state index in [0.717, 1.165) is 22.8 Å². The normalized spacial score (nSPS) is 12.1. The number of hydrogen-bond donors (Lipinski definition) is 0. The van der Waals surface area contributed by atoms with Gasteiger partial charge in [0.2, 0.25) is 0 Å². The second-order valence-electron chi connectivity index (χ2n) is 5.30. The fraction of sp³-hybridized carbons (Fsp3) is 0.235. The van der Waals surface area contributed by atoms with Crippen LogP contribution >= 0.6 is 11.6 Å². The van der Waals surface area contributed by atoms with E-state index >= 15 is 0 Å². The molecule has 2 heterocycles. The molecule has 6 heteroatoms. The highest BCUT2D eigenvalue weighted by Crippen LogP contribution is 2.27. The van der Waals surface area contributed by atoms with Crippen molar-refractivity contribution in [1.82, 2.24) is 14.5 Å². The van der Waals surface area contributed by atoms with Crippen molar-refractivity contribution in [2.45, 2.75) is 13.5 Å². The number of halogens is 1. The van der Waals surface area contributed by atoms with Crippen molar-refractivity contribution in [3.8, 4) is 23.2 Å². The standard InChI is InChI=1S/C17H15ClN4O/c1-11(8-19)10-22-16(12-3-5-14(23-2)6-4-12)21-15-7-13(18)9-20-17(15)22/h3-7,9,11H,10H2,1-2H3. The first-order valence-corrected chi connectivity index (χ1v) is 7.56. The number of aromatic nitrogens is 3. The van der Waals surface area contributed by atoms with Gasteiger partial charge in [0.15, 0.2) is 5.65 Å². The molecule has 0 radical (unpaired) electrons. The summed E-state index contributed by atoms with van der Waals surface area (Å²) in [5, 5.41) is 9.68. The summed E-state index contributed by atoms with van der Waals surface area (Å²) in [5.74, 6) is 1.39. The molecule has 1 aromatic carbocycles. The van der Waals surface area contributed by atoms with Crippen molar-refractivity contribution < 1.29 is 4.74 Å². The van der Waals surface area contributed by atoms with E-state index in [4.69, 9.17) is 21.6 Å². The Balaban J connectivity index is 2.17. The summed E-state index contributed by atoms with van der Waals surface area (Å²) in [7, 11) is 1.63. The van der Waals surface area contributed by atoms with Crippen molar-refractivity contribution in [1.29, 1.82) is 5.26 Å².